The van der Waals surface area contributed by atoms with Crippen LogP contribution in [0.3, 0.4) is 0 Å². The average Bonchev–Trinajstić information content (AvgIpc) is 2.85. The maximum atomic E-state index is 12.0. The van der Waals surface area contributed by atoms with Crippen molar-refractivity contribution in [2.24, 2.45) is 11.8 Å². The third-order valence-electron chi connectivity index (χ3n) is 4.22. The third-order valence-corrected chi connectivity index (χ3v) is 4.22. The van der Waals surface area contributed by atoms with E-state index in [-0.39, 0.29) is 24.2 Å². The molecule has 2 fully saturated rings. The van der Waals surface area contributed by atoms with Crippen molar-refractivity contribution < 1.29 is 27.4 Å². The van der Waals surface area contributed by atoms with E-state index in [2.05, 4.69) is 10.2 Å². The first-order valence-electron chi connectivity index (χ1n) is 7.26. The molecule has 0 bridgehead atoms. The highest BCUT2D eigenvalue weighted by Crippen LogP contribution is 2.37. The molecule has 0 aliphatic carbocycles. The topological polar surface area (TPSA) is 65.7 Å². The van der Waals surface area contributed by atoms with Crippen LogP contribution in [0.25, 0.3) is 0 Å². The smallest absolute Gasteiger partial charge is 0.378 e. The Kier molecular flexibility index (Phi) is 5.84. The van der Waals surface area contributed by atoms with Crippen molar-refractivity contribution in [3.63, 3.8) is 0 Å². The molecule has 2 saturated heterocycles. The van der Waals surface area contributed by atoms with Gasteiger partial charge in [0.05, 0.1) is 12.2 Å². The summed E-state index contributed by atoms with van der Waals surface area (Å²) in [5, 5.41) is 0. The number of hydrogen-bond donors (Lipinski definition) is 2. The van der Waals surface area contributed by atoms with Crippen LogP contribution in [0.5, 0.6) is 0 Å². The Bertz CT molecular complexity index is 322. The van der Waals surface area contributed by atoms with E-state index in [1.165, 1.54) is 0 Å². The quantitative estimate of drug-likeness (QED) is 0.441. The van der Waals surface area contributed by atoms with Crippen LogP contribution in [0.15, 0.2) is 0 Å². The van der Waals surface area contributed by atoms with E-state index in [9.17, 15) is 13.2 Å². The number of nitrogens with one attached hydrogen (secondary N) is 1. The van der Waals surface area contributed by atoms with Gasteiger partial charge in [-0.15, -0.1) is 0 Å². The Hall–Kier alpha value is -0.410. The summed E-state index contributed by atoms with van der Waals surface area (Å²) in [6, 6.07) is -0.0698. The molecular weight excluding hydrogens is 289 g/mol. The van der Waals surface area contributed by atoms with Crippen molar-refractivity contribution in [2.45, 2.75) is 43.5 Å². The Morgan fingerprint density at radius 2 is 2.19 bits per heavy atom. The van der Waals surface area contributed by atoms with Crippen LogP contribution in [-0.4, -0.2) is 50.9 Å². The molecule has 3 atom stereocenters. The summed E-state index contributed by atoms with van der Waals surface area (Å²) < 4.78 is 52.0. The third kappa shape index (κ3) is 5.07. The van der Waals surface area contributed by atoms with E-state index in [1.54, 1.807) is 0 Å². The largest absolute Gasteiger partial charge is 0.411 e. The fraction of sp³-hybridized carbons (Fsp3) is 1.00. The Morgan fingerprint density at radius 3 is 2.81 bits per heavy atom. The minimum atomic E-state index is -4.28. The van der Waals surface area contributed by atoms with Crippen LogP contribution in [0.4, 0.5) is 13.2 Å². The minimum Gasteiger partial charge on any atom is -0.378 e. The lowest BCUT2D eigenvalue weighted by Crippen LogP contribution is -2.49. The molecule has 0 aromatic heterocycles. The summed E-state index contributed by atoms with van der Waals surface area (Å²) in [5.74, 6) is 5.82. The first-order valence-corrected chi connectivity index (χ1v) is 7.26. The van der Waals surface area contributed by atoms with E-state index >= 15 is 0 Å². The van der Waals surface area contributed by atoms with Gasteiger partial charge in [-0.25, -0.2) is 0 Å². The number of hydrazine groups is 1. The van der Waals surface area contributed by atoms with Crippen LogP contribution in [0.1, 0.15) is 25.7 Å². The molecule has 124 valence electrons. The lowest BCUT2D eigenvalue weighted by atomic mass is 9.80. The van der Waals surface area contributed by atoms with E-state index in [0.717, 1.165) is 19.3 Å². The molecule has 21 heavy (non-hydrogen) atoms. The molecule has 3 N–H and O–H groups in total. The van der Waals surface area contributed by atoms with Gasteiger partial charge < -0.3 is 14.2 Å². The maximum absolute atomic E-state index is 12.0. The summed E-state index contributed by atoms with van der Waals surface area (Å²) in [6.07, 6.45) is -1.30. The SMILES string of the molecule is NNC(CCOCC(F)(F)F)C1CCOC2(CCOC2)C1. The van der Waals surface area contributed by atoms with Crippen LogP contribution < -0.4 is 11.3 Å². The van der Waals surface area contributed by atoms with Gasteiger partial charge in [0.15, 0.2) is 0 Å². The van der Waals surface area contributed by atoms with E-state index in [4.69, 9.17) is 15.3 Å². The Labute approximate surface area is 122 Å². The first kappa shape index (κ1) is 17.0. The van der Waals surface area contributed by atoms with Crippen molar-refractivity contribution >= 4 is 0 Å². The van der Waals surface area contributed by atoms with Crippen LogP contribution in [0.2, 0.25) is 0 Å². The van der Waals surface area contributed by atoms with E-state index < -0.39 is 12.8 Å². The average molecular weight is 312 g/mol. The zero-order chi connectivity index (χ0) is 15.3. The summed E-state index contributed by atoms with van der Waals surface area (Å²) in [6.45, 7) is 0.744. The second-order valence-corrected chi connectivity index (χ2v) is 5.82. The van der Waals surface area contributed by atoms with Crippen LogP contribution in [0, 0.1) is 5.92 Å². The highest BCUT2D eigenvalue weighted by atomic mass is 19.4. The monoisotopic (exact) mass is 312 g/mol. The molecule has 8 heteroatoms. The summed E-state index contributed by atoms with van der Waals surface area (Å²) >= 11 is 0. The molecule has 1 spiro atoms. The van der Waals surface area contributed by atoms with Crippen molar-refractivity contribution in [3.05, 3.63) is 0 Å². The molecule has 2 aliphatic heterocycles. The zero-order valence-electron chi connectivity index (χ0n) is 12.0. The molecule has 0 aromatic rings. The summed E-state index contributed by atoms with van der Waals surface area (Å²) in [5.41, 5.74) is 2.49. The molecule has 0 radical (unpaired) electrons. The minimum absolute atomic E-state index is 0.0369. The molecular formula is C13H23F3N2O3. The van der Waals surface area contributed by atoms with Crippen LogP contribution >= 0.6 is 0 Å². The predicted molar refractivity (Wildman–Crippen MR) is 69.4 cm³/mol. The standard InChI is InChI=1S/C13H23F3N2O3/c14-13(15,16)9-19-4-2-11(18-17)10-1-5-21-12(7-10)3-6-20-8-12/h10-11,18H,1-9,17H2. The van der Waals surface area contributed by atoms with E-state index in [0.29, 0.717) is 26.2 Å². The predicted octanol–water partition coefficient (Wildman–Crippen LogP) is 1.37. The number of halogens is 3. The van der Waals surface area contributed by atoms with Crippen molar-refractivity contribution in [1.29, 1.82) is 0 Å². The number of rotatable bonds is 6. The molecule has 2 rings (SSSR count). The number of nitrogens with two attached hydrogens (primary N) is 1. The van der Waals surface area contributed by atoms with Gasteiger partial charge in [-0.2, -0.15) is 13.2 Å². The molecule has 3 unspecified atom stereocenters. The zero-order valence-corrected chi connectivity index (χ0v) is 12.0. The molecule has 0 aromatic carbocycles. The molecule has 0 saturated carbocycles. The normalized spacial score (nSPS) is 31.7. The summed E-state index contributed by atoms with van der Waals surface area (Å²) in [4.78, 5) is 0. The fourth-order valence-electron chi connectivity index (χ4n) is 3.13. The van der Waals surface area contributed by atoms with Gasteiger partial charge in [-0.05, 0) is 25.2 Å². The molecule has 0 amide bonds. The Morgan fingerprint density at radius 1 is 1.38 bits per heavy atom. The van der Waals surface area contributed by atoms with Gasteiger partial charge in [0.25, 0.3) is 0 Å². The van der Waals surface area contributed by atoms with Gasteiger partial charge in [0.2, 0.25) is 0 Å². The van der Waals surface area contributed by atoms with Crippen LogP contribution in [-0.2, 0) is 14.2 Å². The van der Waals surface area contributed by atoms with Gasteiger partial charge >= 0.3 is 6.18 Å². The highest BCUT2D eigenvalue weighted by Gasteiger charge is 2.42. The molecule has 2 aliphatic rings. The van der Waals surface area contributed by atoms with Crippen molar-refractivity contribution in [3.8, 4) is 0 Å². The number of hydrogen-bond acceptors (Lipinski definition) is 5. The van der Waals surface area contributed by atoms with Crippen molar-refractivity contribution in [2.75, 3.05) is 33.0 Å². The lowest BCUT2D eigenvalue weighted by Gasteiger charge is -2.40. The van der Waals surface area contributed by atoms with Crippen molar-refractivity contribution in [1.82, 2.24) is 5.43 Å². The highest BCUT2D eigenvalue weighted by molar-refractivity contribution is 4.93. The molecule has 2 heterocycles. The fourth-order valence-corrected chi connectivity index (χ4v) is 3.13. The first-order chi connectivity index (χ1) is 9.94. The van der Waals surface area contributed by atoms with Gasteiger partial charge in [-0.1, -0.05) is 0 Å². The van der Waals surface area contributed by atoms with Gasteiger partial charge in [0, 0.05) is 32.3 Å². The second-order valence-electron chi connectivity index (χ2n) is 5.82. The van der Waals surface area contributed by atoms with Gasteiger partial charge in [-0.3, -0.25) is 11.3 Å². The lowest BCUT2D eigenvalue weighted by molar-refractivity contribution is -0.174. The second kappa shape index (κ2) is 7.23. The number of ether oxygens (including phenoxy) is 3. The van der Waals surface area contributed by atoms with Gasteiger partial charge in [0.1, 0.15) is 6.61 Å². The maximum Gasteiger partial charge on any atom is 0.411 e. The number of alkyl halides is 3. The summed E-state index contributed by atoms with van der Waals surface area (Å²) in [7, 11) is 0. The Balaban J connectivity index is 1.77. The van der Waals surface area contributed by atoms with E-state index in [1.807, 2.05) is 0 Å². The molecule has 5 nitrogen and oxygen atoms in total.